The van der Waals surface area contributed by atoms with E-state index in [0.717, 1.165) is 22.5 Å². The van der Waals surface area contributed by atoms with Crippen LogP contribution in [0.5, 0.6) is 0 Å². The van der Waals surface area contributed by atoms with Crippen LogP contribution in [0.2, 0.25) is 5.02 Å². The normalized spacial score (nSPS) is 15.5. The van der Waals surface area contributed by atoms with Crippen molar-refractivity contribution in [2.45, 2.75) is 21.0 Å². The highest BCUT2D eigenvalue weighted by Gasteiger charge is 2.37. The van der Waals surface area contributed by atoms with Crippen molar-refractivity contribution < 1.29 is 38.8 Å². The van der Waals surface area contributed by atoms with Gasteiger partial charge in [-0.1, -0.05) is 17.7 Å². The van der Waals surface area contributed by atoms with Crippen LogP contribution in [-0.4, -0.2) is 52.3 Å². The molecule has 2 aromatic carbocycles. The van der Waals surface area contributed by atoms with Crippen LogP contribution in [-0.2, 0) is 26.0 Å². The van der Waals surface area contributed by atoms with Gasteiger partial charge in [0, 0.05) is 31.2 Å². The fourth-order valence-electron chi connectivity index (χ4n) is 4.02. The number of hydrogen-bond acceptors (Lipinski definition) is 8. The molecule has 4 aromatic rings. The maximum atomic E-state index is 13.5. The zero-order chi connectivity index (χ0) is 28.0. The van der Waals surface area contributed by atoms with E-state index in [9.17, 15) is 30.0 Å². The number of halogens is 4. The average molecular weight is 602 g/mol. The number of sulfonamides is 1. The summed E-state index contributed by atoms with van der Waals surface area (Å²) in [4.78, 5) is 5.12. The Balaban J connectivity index is 1.45. The van der Waals surface area contributed by atoms with Crippen LogP contribution in [0.1, 0.15) is 5.56 Å². The molecule has 39 heavy (non-hydrogen) atoms. The van der Waals surface area contributed by atoms with E-state index in [-0.39, 0.29) is 48.6 Å². The van der Waals surface area contributed by atoms with Crippen LogP contribution in [0.4, 0.5) is 19.1 Å². The second-order valence-electron chi connectivity index (χ2n) is 8.48. The number of hydrogen-bond donors (Lipinski definition) is 0. The Hall–Kier alpha value is -3.33. The molecule has 1 aliphatic heterocycles. The third kappa shape index (κ3) is 5.29. The van der Waals surface area contributed by atoms with E-state index in [4.69, 9.17) is 20.4 Å². The van der Waals surface area contributed by atoms with Crippen molar-refractivity contribution in [1.82, 2.24) is 9.29 Å². The summed E-state index contributed by atoms with van der Waals surface area (Å²) in [6.07, 6.45) is -3.34. The molecular formula is C24H19ClF3N3O6S2. The molecule has 0 bridgehead atoms. The van der Waals surface area contributed by atoms with E-state index in [1.165, 1.54) is 41.5 Å². The molecule has 9 nitrogen and oxygen atoms in total. The van der Waals surface area contributed by atoms with Gasteiger partial charge in [0.1, 0.15) is 0 Å². The number of piperazine rings is 1. The molecule has 1 saturated heterocycles. The van der Waals surface area contributed by atoms with Crippen molar-refractivity contribution in [1.29, 1.82) is 0 Å². The standard InChI is InChI=1S/C24H19ClF3N3O6S2/c25-17-6-8-18(9-7-17)38(32,33)22-23(37-21(29-22)20-5-2-14-36-20)30-10-12-31(13-11-30)39(34,35)19-4-1-3-16(15-19)24(26,27)28/h1-9,14-15H,10-13H2. The summed E-state index contributed by atoms with van der Waals surface area (Å²) in [7, 11) is -8.45. The van der Waals surface area contributed by atoms with Crippen molar-refractivity contribution in [3.63, 3.8) is 0 Å². The molecule has 3 heterocycles. The average Bonchev–Trinajstić information content (AvgIpc) is 3.59. The van der Waals surface area contributed by atoms with Crippen LogP contribution < -0.4 is 4.90 Å². The number of benzene rings is 2. The van der Waals surface area contributed by atoms with Crippen LogP contribution in [0.3, 0.4) is 0 Å². The largest absolute Gasteiger partial charge is 0.459 e. The number of sulfone groups is 1. The summed E-state index contributed by atoms with van der Waals surface area (Å²) >= 11 is 5.90. The molecule has 5 rings (SSSR count). The van der Waals surface area contributed by atoms with Crippen LogP contribution in [0.15, 0.2) is 90.6 Å². The third-order valence-corrected chi connectivity index (χ3v) is 9.83. The number of rotatable bonds is 6. The highest BCUT2D eigenvalue weighted by molar-refractivity contribution is 7.91. The summed E-state index contributed by atoms with van der Waals surface area (Å²) in [5.74, 6) is -0.0337. The van der Waals surface area contributed by atoms with Gasteiger partial charge >= 0.3 is 6.18 Å². The lowest BCUT2D eigenvalue weighted by molar-refractivity contribution is -0.137. The second kappa shape index (κ2) is 10.0. The molecule has 0 amide bonds. The van der Waals surface area contributed by atoms with Crippen molar-refractivity contribution >= 4 is 37.3 Å². The SMILES string of the molecule is O=S(=O)(c1ccc(Cl)cc1)c1nc(-c2ccco2)oc1N1CCN(S(=O)(=O)c2cccc(C(F)(F)F)c2)CC1. The maximum Gasteiger partial charge on any atom is 0.416 e. The Bertz CT molecular complexity index is 1700. The minimum Gasteiger partial charge on any atom is -0.459 e. The van der Waals surface area contributed by atoms with E-state index >= 15 is 0 Å². The monoisotopic (exact) mass is 601 g/mol. The van der Waals surface area contributed by atoms with Gasteiger partial charge in [-0.3, -0.25) is 0 Å². The summed E-state index contributed by atoms with van der Waals surface area (Å²) < 4.78 is 105. The second-order valence-corrected chi connectivity index (χ2v) is 12.7. The van der Waals surface area contributed by atoms with Crippen LogP contribution in [0, 0.1) is 0 Å². The van der Waals surface area contributed by atoms with Gasteiger partial charge in [0.25, 0.3) is 5.89 Å². The van der Waals surface area contributed by atoms with Crippen LogP contribution in [0.25, 0.3) is 11.7 Å². The van der Waals surface area contributed by atoms with Gasteiger partial charge in [-0.2, -0.15) is 22.5 Å². The van der Waals surface area contributed by atoms with Crippen LogP contribution >= 0.6 is 11.6 Å². The van der Waals surface area contributed by atoms with Gasteiger partial charge in [-0.05, 0) is 54.6 Å². The van der Waals surface area contributed by atoms with Gasteiger partial charge in [-0.25, -0.2) is 16.8 Å². The predicted octanol–water partition coefficient (Wildman–Crippen LogP) is 4.95. The third-order valence-electron chi connectivity index (χ3n) is 6.01. The highest BCUT2D eigenvalue weighted by atomic mass is 35.5. The molecule has 1 aliphatic rings. The van der Waals surface area contributed by atoms with Crippen molar-refractivity contribution in [2.24, 2.45) is 0 Å². The summed E-state index contributed by atoms with van der Waals surface area (Å²) in [5.41, 5.74) is -1.08. The Morgan fingerprint density at radius 3 is 2.18 bits per heavy atom. The molecule has 0 spiro atoms. The zero-order valence-corrected chi connectivity index (χ0v) is 22.2. The number of aromatic nitrogens is 1. The van der Waals surface area contributed by atoms with E-state index in [1.807, 2.05) is 0 Å². The number of anilines is 1. The minimum atomic E-state index is -4.70. The van der Waals surface area contributed by atoms with Gasteiger partial charge in [0.2, 0.25) is 30.8 Å². The summed E-state index contributed by atoms with van der Waals surface area (Å²) in [5, 5.41) is -0.0610. The fourth-order valence-corrected chi connectivity index (χ4v) is 6.93. The Morgan fingerprint density at radius 1 is 0.872 bits per heavy atom. The number of furan rings is 1. The molecule has 206 valence electrons. The maximum absolute atomic E-state index is 13.5. The topological polar surface area (TPSA) is 114 Å². The summed E-state index contributed by atoms with van der Waals surface area (Å²) in [6, 6.07) is 12.1. The van der Waals surface area contributed by atoms with Gasteiger partial charge < -0.3 is 13.7 Å². The molecule has 1 fully saturated rings. The van der Waals surface area contributed by atoms with Gasteiger partial charge in [0.05, 0.1) is 21.6 Å². The first-order chi connectivity index (χ1) is 18.4. The number of nitrogens with zero attached hydrogens (tertiary/aromatic N) is 3. The molecule has 0 radical (unpaired) electrons. The Labute approximate surface area is 226 Å². The lowest BCUT2D eigenvalue weighted by Crippen LogP contribution is -2.48. The van der Waals surface area contributed by atoms with E-state index in [1.54, 1.807) is 6.07 Å². The van der Waals surface area contributed by atoms with Gasteiger partial charge in [-0.15, -0.1) is 0 Å². The number of alkyl halides is 3. The van der Waals surface area contributed by atoms with Gasteiger partial charge in [0.15, 0.2) is 5.76 Å². The molecule has 0 atom stereocenters. The first kappa shape index (κ1) is 27.2. The Morgan fingerprint density at radius 2 is 1.56 bits per heavy atom. The van der Waals surface area contributed by atoms with E-state index in [0.29, 0.717) is 11.1 Å². The zero-order valence-electron chi connectivity index (χ0n) is 19.8. The molecule has 0 N–H and O–H groups in total. The molecule has 0 unspecified atom stereocenters. The predicted molar refractivity (Wildman–Crippen MR) is 134 cm³/mol. The number of oxazole rings is 1. The minimum absolute atomic E-state index is 0.0197. The Kier molecular flexibility index (Phi) is 6.99. The van der Waals surface area contributed by atoms with Crippen molar-refractivity contribution in [3.05, 3.63) is 77.5 Å². The van der Waals surface area contributed by atoms with Crippen molar-refractivity contribution in [2.75, 3.05) is 31.1 Å². The van der Waals surface area contributed by atoms with E-state index in [2.05, 4.69) is 4.98 Å². The first-order valence-corrected chi connectivity index (χ1v) is 14.7. The molecule has 0 saturated carbocycles. The molecule has 15 heteroatoms. The lowest BCUT2D eigenvalue weighted by atomic mass is 10.2. The fraction of sp³-hybridized carbons (Fsp3) is 0.208. The smallest absolute Gasteiger partial charge is 0.416 e. The van der Waals surface area contributed by atoms with Crippen molar-refractivity contribution in [3.8, 4) is 11.7 Å². The molecule has 2 aromatic heterocycles. The molecule has 0 aliphatic carbocycles. The highest BCUT2D eigenvalue weighted by Crippen LogP contribution is 2.36. The summed E-state index contributed by atoms with van der Waals surface area (Å²) in [6.45, 7) is -0.326. The first-order valence-electron chi connectivity index (χ1n) is 11.3. The lowest BCUT2D eigenvalue weighted by Gasteiger charge is -2.34. The van der Waals surface area contributed by atoms with E-state index < -0.39 is 41.5 Å². The molecular weight excluding hydrogens is 583 g/mol. The quantitative estimate of drug-likeness (QED) is 0.305.